The first-order valence-corrected chi connectivity index (χ1v) is 14.6. The Balaban J connectivity index is 1.78. The number of nitrogens with two attached hydrogens (primary N) is 1. The molecule has 5 rings (SSSR count). The summed E-state index contributed by atoms with van der Waals surface area (Å²) in [5.74, 6) is -1.41. The van der Waals surface area contributed by atoms with Gasteiger partial charge < -0.3 is 5.73 Å². The summed E-state index contributed by atoms with van der Waals surface area (Å²) in [6.45, 7) is 2.57. The molecule has 0 aliphatic carbocycles. The van der Waals surface area contributed by atoms with E-state index in [9.17, 15) is 13.2 Å². The Bertz CT molecular complexity index is 1320. The molecule has 8 heteroatoms. The monoisotopic (exact) mass is 575 g/mol. The van der Waals surface area contributed by atoms with Gasteiger partial charge >= 0.3 is 12.2 Å². The Morgan fingerprint density at radius 1 is 0.857 bits per heavy atom. The Kier molecular flexibility index (Phi) is 8.66. The summed E-state index contributed by atoms with van der Waals surface area (Å²) in [5.41, 5.74) is 8.92. The molecular formula is C34H38F3N4O+. The molecule has 2 amide bonds. The maximum atomic E-state index is 15.2. The molecule has 1 atom stereocenters. The van der Waals surface area contributed by atoms with Crippen molar-refractivity contribution >= 4 is 12.4 Å². The van der Waals surface area contributed by atoms with Crippen molar-refractivity contribution in [1.29, 1.82) is 0 Å². The van der Waals surface area contributed by atoms with E-state index in [-0.39, 0.29) is 36.4 Å². The van der Waals surface area contributed by atoms with Gasteiger partial charge in [-0.1, -0.05) is 91.0 Å². The van der Waals surface area contributed by atoms with Crippen LogP contribution in [0.5, 0.6) is 0 Å². The number of unbranched alkanes of at least 4 members (excludes halogenated alkanes) is 1. The smallest absolute Gasteiger partial charge is 0.330 e. The molecule has 0 radical (unpaired) electrons. The van der Waals surface area contributed by atoms with E-state index in [0.717, 1.165) is 40.9 Å². The molecule has 0 aromatic heterocycles. The van der Waals surface area contributed by atoms with E-state index in [1.807, 2.05) is 97.9 Å². The lowest BCUT2D eigenvalue weighted by Gasteiger charge is -2.49. The maximum absolute atomic E-state index is 15.2. The lowest BCUT2D eigenvalue weighted by molar-refractivity contribution is -0.768. The zero-order chi connectivity index (χ0) is 29.8. The first-order chi connectivity index (χ1) is 20.3. The van der Waals surface area contributed by atoms with Gasteiger partial charge in [0.25, 0.3) is 0 Å². The molecule has 0 spiro atoms. The SMILES string of the molecule is CC1=C(CCCCN)N=C[N@+]1(C(=O)N1CCC(C(F)(F)F)CC1)C(c1ccccc1)(c1ccccc1)c1ccccc1. The van der Waals surface area contributed by atoms with Crippen molar-refractivity contribution in [3.63, 3.8) is 0 Å². The topological polar surface area (TPSA) is 58.7 Å². The Labute approximate surface area is 245 Å². The van der Waals surface area contributed by atoms with Gasteiger partial charge in [0.1, 0.15) is 11.4 Å². The number of piperidine rings is 1. The number of quaternary nitrogens is 1. The molecule has 2 heterocycles. The average molecular weight is 576 g/mol. The minimum Gasteiger partial charge on any atom is -0.330 e. The number of amides is 2. The lowest BCUT2D eigenvalue weighted by atomic mass is 9.73. The quantitative estimate of drug-likeness (QED) is 0.171. The first kappa shape index (κ1) is 29.7. The second-order valence-corrected chi connectivity index (χ2v) is 11.1. The molecule has 2 N–H and O–H groups in total. The van der Waals surface area contributed by atoms with Crippen LogP contribution in [-0.2, 0) is 5.54 Å². The van der Waals surface area contributed by atoms with Crippen molar-refractivity contribution in [3.05, 3.63) is 119 Å². The number of carbonyl (C=O) groups is 1. The lowest BCUT2D eigenvalue weighted by Crippen LogP contribution is -2.67. The van der Waals surface area contributed by atoms with Gasteiger partial charge in [0.2, 0.25) is 6.34 Å². The predicted octanol–water partition coefficient (Wildman–Crippen LogP) is 7.59. The van der Waals surface area contributed by atoms with E-state index < -0.39 is 17.6 Å². The van der Waals surface area contributed by atoms with Crippen LogP contribution in [0.4, 0.5) is 18.0 Å². The summed E-state index contributed by atoms with van der Waals surface area (Å²) in [6, 6.07) is 29.4. The fourth-order valence-corrected chi connectivity index (χ4v) is 6.67. The summed E-state index contributed by atoms with van der Waals surface area (Å²) < 4.78 is 40.6. The molecule has 3 aromatic rings. The fraction of sp³-hybridized carbons (Fsp3) is 0.353. The van der Waals surface area contributed by atoms with E-state index in [2.05, 4.69) is 0 Å². The summed E-state index contributed by atoms with van der Waals surface area (Å²) in [7, 11) is 0. The number of alkyl halides is 3. The van der Waals surface area contributed by atoms with Gasteiger partial charge in [-0.3, -0.25) is 4.90 Å². The van der Waals surface area contributed by atoms with Crippen LogP contribution in [0.3, 0.4) is 0 Å². The highest BCUT2D eigenvalue weighted by Crippen LogP contribution is 2.52. The number of hydrogen-bond acceptors (Lipinski definition) is 3. The second-order valence-electron chi connectivity index (χ2n) is 11.1. The van der Waals surface area contributed by atoms with Crippen LogP contribution in [0.15, 0.2) is 107 Å². The zero-order valence-electron chi connectivity index (χ0n) is 23.9. The number of urea groups is 1. The van der Waals surface area contributed by atoms with Crippen LogP contribution in [0.1, 0.15) is 55.7 Å². The van der Waals surface area contributed by atoms with Gasteiger partial charge in [0.15, 0.2) is 5.54 Å². The second kappa shape index (κ2) is 12.2. The van der Waals surface area contributed by atoms with Crippen molar-refractivity contribution in [2.45, 2.75) is 50.7 Å². The zero-order valence-corrected chi connectivity index (χ0v) is 23.9. The molecule has 3 aromatic carbocycles. The predicted molar refractivity (Wildman–Crippen MR) is 159 cm³/mol. The molecule has 1 fully saturated rings. The first-order valence-electron chi connectivity index (χ1n) is 14.6. The number of allylic oxidation sites excluding steroid dienone is 2. The molecule has 2 aliphatic rings. The van der Waals surface area contributed by atoms with Gasteiger partial charge in [0.05, 0.1) is 5.92 Å². The molecule has 0 unspecified atom stereocenters. The van der Waals surface area contributed by atoms with Crippen LogP contribution in [0.25, 0.3) is 0 Å². The van der Waals surface area contributed by atoms with Gasteiger partial charge in [-0.05, 0) is 38.6 Å². The van der Waals surface area contributed by atoms with Crippen molar-refractivity contribution in [2.24, 2.45) is 16.6 Å². The molecule has 1 saturated heterocycles. The third kappa shape index (κ3) is 5.07. The third-order valence-corrected chi connectivity index (χ3v) is 8.84. The Hall–Kier alpha value is -3.75. The number of likely N-dealkylation sites (tertiary alicyclic amines) is 1. The molecule has 220 valence electrons. The molecular weight excluding hydrogens is 537 g/mol. The number of halogens is 3. The maximum Gasteiger partial charge on any atom is 0.431 e. The van der Waals surface area contributed by atoms with Gasteiger partial charge in [-0.15, -0.1) is 0 Å². The Morgan fingerprint density at radius 3 is 1.76 bits per heavy atom. The van der Waals surface area contributed by atoms with Gasteiger partial charge in [-0.25, -0.2) is 9.79 Å². The number of hydrogen-bond donors (Lipinski definition) is 1. The van der Waals surface area contributed by atoms with Crippen LogP contribution >= 0.6 is 0 Å². The highest BCUT2D eigenvalue weighted by atomic mass is 19.4. The van der Waals surface area contributed by atoms with Crippen molar-refractivity contribution < 1.29 is 22.4 Å². The number of carbonyl (C=O) groups excluding carboxylic acids is 1. The van der Waals surface area contributed by atoms with Crippen LogP contribution in [-0.4, -0.2) is 47.6 Å². The molecule has 0 saturated carbocycles. The van der Waals surface area contributed by atoms with Gasteiger partial charge in [-0.2, -0.15) is 17.7 Å². The third-order valence-electron chi connectivity index (χ3n) is 8.84. The number of rotatable bonds is 8. The highest BCUT2D eigenvalue weighted by molar-refractivity contribution is 5.82. The van der Waals surface area contributed by atoms with E-state index in [4.69, 9.17) is 10.7 Å². The summed E-state index contributed by atoms with van der Waals surface area (Å²) in [5, 5.41) is 0. The minimum atomic E-state index is -4.27. The molecule has 0 bridgehead atoms. The van der Waals surface area contributed by atoms with E-state index in [0.29, 0.717) is 13.0 Å². The number of benzene rings is 3. The standard InChI is InChI=1S/C34H38F3N4O/c1-26-31(19-11-12-22-38)39-25-41(26,32(42)40-23-20-30(21-24-40)34(35,36)37)33(27-13-5-2-6-14-27,28-15-7-3-8-16-28)29-17-9-4-10-18-29/h2-10,13-18,25,30H,11-12,19-24,38H2,1H3/q+1/t41-/m0/s1. The van der Waals surface area contributed by atoms with Crippen LogP contribution < -0.4 is 5.73 Å². The normalized spacial score (nSPS) is 19.9. The number of nitrogens with zero attached hydrogens (tertiary/aromatic N) is 3. The van der Waals surface area contributed by atoms with Crippen molar-refractivity contribution in [3.8, 4) is 0 Å². The van der Waals surface area contributed by atoms with E-state index >= 15 is 4.79 Å². The summed E-state index contributed by atoms with van der Waals surface area (Å²) >= 11 is 0. The van der Waals surface area contributed by atoms with Gasteiger partial charge in [0, 0.05) is 36.7 Å². The summed E-state index contributed by atoms with van der Waals surface area (Å²) in [4.78, 5) is 21.7. The molecule has 42 heavy (non-hydrogen) atoms. The summed E-state index contributed by atoms with van der Waals surface area (Å²) in [6.07, 6.45) is -0.478. The van der Waals surface area contributed by atoms with E-state index in [1.165, 1.54) is 0 Å². The molecule has 5 nitrogen and oxygen atoms in total. The van der Waals surface area contributed by atoms with Crippen LogP contribution in [0, 0.1) is 5.92 Å². The molecule has 2 aliphatic heterocycles. The Morgan fingerprint density at radius 2 is 1.33 bits per heavy atom. The average Bonchev–Trinajstić information content (AvgIpc) is 3.35. The van der Waals surface area contributed by atoms with Crippen molar-refractivity contribution in [2.75, 3.05) is 19.6 Å². The fourth-order valence-electron chi connectivity index (χ4n) is 6.67. The van der Waals surface area contributed by atoms with Crippen LogP contribution in [0.2, 0.25) is 0 Å². The number of aliphatic imine (C=N–C) groups is 1. The van der Waals surface area contributed by atoms with E-state index in [1.54, 1.807) is 11.2 Å². The van der Waals surface area contributed by atoms with Crippen molar-refractivity contribution in [1.82, 2.24) is 4.90 Å². The highest BCUT2D eigenvalue weighted by Gasteiger charge is 2.64. The minimum absolute atomic E-state index is 0.0289. The largest absolute Gasteiger partial charge is 0.431 e.